The van der Waals surface area contributed by atoms with E-state index in [0.717, 1.165) is 24.8 Å². The molecule has 0 radical (unpaired) electrons. The van der Waals surface area contributed by atoms with Crippen LogP contribution >= 0.6 is 0 Å². The summed E-state index contributed by atoms with van der Waals surface area (Å²) in [5.74, 6) is -2.19. The van der Waals surface area contributed by atoms with Crippen LogP contribution < -0.4 is 0 Å². The first-order valence-electron chi connectivity index (χ1n) is 6.47. The summed E-state index contributed by atoms with van der Waals surface area (Å²) in [6, 6.07) is 0. The molecule has 2 rings (SSSR count). The van der Waals surface area contributed by atoms with Crippen molar-refractivity contribution in [3.63, 3.8) is 0 Å². The van der Waals surface area contributed by atoms with Crippen molar-refractivity contribution in [3.05, 3.63) is 11.1 Å². The van der Waals surface area contributed by atoms with E-state index in [2.05, 4.69) is 0 Å². The molecule has 0 bridgehead atoms. The Morgan fingerprint density at radius 1 is 1.32 bits per heavy atom. The first-order valence-corrected chi connectivity index (χ1v) is 6.47. The Morgan fingerprint density at radius 3 is 2.58 bits per heavy atom. The first-order chi connectivity index (χ1) is 8.95. The number of hydrogen-bond acceptors (Lipinski definition) is 5. The third-order valence-electron chi connectivity index (χ3n) is 4.05. The molecule has 5 nitrogen and oxygen atoms in total. The van der Waals surface area contributed by atoms with Gasteiger partial charge in [-0.2, -0.15) is 0 Å². The van der Waals surface area contributed by atoms with Gasteiger partial charge in [0.25, 0.3) is 5.60 Å². The van der Waals surface area contributed by atoms with Crippen molar-refractivity contribution in [1.29, 1.82) is 0 Å². The van der Waals surface area contributed by atoms with Crippen LogP contribution in [0.3, 0.4) is 0 Å². The van der Waals surface area contributed by atoms with Crippen LogP contribution in [0.15, 0.2) is 11.1 Å². The maximum atomic E-state index is 12.5. The third kappa shape index (κ3) is 1.88. The molecule has 0 heterocycles. The standard InChI is InChI=1S/C14H18O5/c1-8-10-6-4-5-7-11(10)14(12(8)16,13(17)18-3)19-9(2)15/h11H,4-7H2,1-3H3/t11-,14+/m1/s1. The third-order valence-corrected chi connectivity index (χ3v) is 4.05. The largest absolute Gasteiger partial charge is 0.466 e. The maximum Gasteiger partial charge on any atom is 0.359 e. The van der Waals surface area contributed by atoms with Gasteiger partial charge in [-0.15, -0.1) is 0 Å². The number of methoxy groups -OCH3 is 1. The molecule has 2 aliphatic rings. The Morgan fingerprint density at radius 2 is 2.00 bits per heavy atom. The van der Waals surface area contributed by atoms with Crippen molar-refractivity contribution in [2.24, 2.45) is 5.92 Å². The number of carbonyl (C=O) groups is 3. The highest BCUT2D eigenvalue weighted by atomic mass is 16.6. The second-order valence-corrected chi connectivity index (χ2v) is 5.10. The van der Waals surface area contributed by atoms with Crippen molar-refractivity contribution in [3.8, 4) is 0 Å². The maximum absolute atomic E-state index is 12.5. The molecule has 5 heteroatoms. The molecule has 0 unspecified atom stereocenters. The summed E-state index contributed by atoms with van der Waals surface area (Å²) in [6.45, 7) is 2.90. The lowest BCUT2D eigenvalue weighted by molar-refractivity contribution is -0.186. The molecule has 0 aromatic carbocycles. The molecule has 0 amide bonds. The fourth-order valence-electron chi connectivity index (χ4n) is 3.26. The Balaban J connectivity index is 2.51. The van der Waals surface area contributed by atoms with E-state index >= 15 is 0 Å². The minimum Gasteiger partial charge on any atom is -0.466 e. The van der Waals surface area contributed by atoms with Crippen molar-refractivity contribution in [2.75, 3.05) is 7.11 Å². The number of esters is 2. The zero-order valence-corrected chi connectivity index (χ0v) is 11.4. The Bertz CT molecular complexity index is 476. The van der Waals surface area contributed by atoms with Crippen molar-refractivity contribution in [1.82, 2.24) is 0 Å². The average molecular weight is 266 g/mol. The van der Waals surface area contributed by atoms with E-state index in [0.29, 0.717) is 12.0 Å². The number of hydrogen-bond donors (Lipinski definition) is 0. The minimum absolute atomic E-state index is 0.356. The quantitative estimate of drug-likeness (QED) is 0.560. The summed E-state index contributed by atoms with van der Waals surface area (Å²) in [4.78, 5) is 36.0. The number of carbonyl (C=O) groups excluding carboxylic acids is 3. The fraction of sp³-hybridized carbons (Fsp3) is 0.643. The smallest absolute Gasteiger partial charge is 0.359 e. The van der Waals surface area contributed by atoms with E-state index in [1.165, 1.54) is 14.0 Å². The molecule has 0 aromatic rings. The summed E-state index contributed by atoms with van der Waals surface area (Å²) in [6.07, 6.45) is 3.35. The first kappa shape index (κ1) is 13.8. The highest BCUT2D eigenvalue weighted by molar-refractivity contribution is 6.19. The molecule has 19 heavy (non-hydrogen) atoms. The lowest BCUT2D eigenvalue weighted by Crippen LogP contribution is -2.54. The Kier molecular flexibility index (Phi) is 3.47. The van der Waals surface area contributed by atoms with Crippen LogP contribution in [0.5, 0.6) is 0 Å². The molecule has 0 spiro atoms. The van der Waals surface area contributed by atoms with Gasteiger partial charge in [-0.3, -0.25) is 9.59 Å². The molecule has 2 atom stereocenters. The van der Waals surface area contributed by atoms with Crippen LogP contribution in [0.25, 0.3) is 0 Å². The highest BCUT2D eigenvalue weighted by Crippen LogP contribution is 2.48. The Hall–Kier alpha value is -1.65. The van der Waals surface area contributed by atoms with Crippen LogP contribution in [0.2, 0.25) is 0 Å². The summed E-state index contributed by atoms with van der Waals surface area (Å²) in [5.41, 5.74) is -0.278. The van der Waals surface area contributed by atoms with Crippen molar-refractivity contribution >= 4 is 17.7 Å². The number of fused-ring (bicyclic) bond motifs is 1. The SMILES string of the molecule is COC(=O)[C@@]1(OC(C)=O)C(=O)C(C)=C2CCCC[C@H]21. The number of ketones is 1. The highest BCUT2D eigenvalue weighted by Gasteiger charge is 2.62. The fourth-order valence-corrected chi connectivity index (χ4v) is 3.26. The van der Waals surface area contributed by atoms with Gasteiger partial charge in [-0.05, 0) is 31.8 Å². The predicted molar refractivity (Wildman–Crippen MR) is 66.2 cm³/mol. The van der Waals surface area contributed by atoms with Gasteiger partial charge in [-0.1, -0.05) is 12.0 Å². The van der Waals surface area contributed by atoms with Gasteiger partial charge in [0.2, 0.25) is 5.78 Å². The van der Waals surface area contributed by atoms with Crippen LogP contribution in [0, 0.1) is 5.92 Å². The predicted octanol–water partition coefficient (Wildman–Crippen LogP) is 1.55. The van der Waals surface area contributed by atoms with E-state index in [4.69, 9.17) is 9.47 Å². The summed E-state index contributed by atoms with van der Waals surface area (Å²) in [7, 11) is 1.21. The zero-order valence-electron chi connectivity index (χ0n) is 11.4. The molecule has 0 saturated heterocycles. The van der Waals surface area contributed by atoms with Gasteiger partial charge in [0.15, 0.2) is 0 Å². The Labute approximate surface area is 111 Å². The summed E-state index contributed by atoms with van der Waals surface area (Å²) >= 11 is 0. The van der Waals surface area contributed by atoms with Gasteiger partial charge < -0.3 is 9.47 Å². The van der Waals surface area contributed by atoms with Crippen LogP contribution in [-0.4, -0.2) is 30.4 Å². The van der Waals surface area contributed by atoms with E-state index in [1.54, 1.807) is 6.92 Å². The number of ether oxygens (including phenoxy) is 2. The van der Waals surface area contributed by atoms with Gasteiger partial charge in [0.05, 0.1) is 7.11 Å². The minimum atomic E-state index is -1.78. The zero-order chi connectivity index (χ0) is 14.2. The topological polar surface area (TPSA) is 69.7 Å². The lowest BCUT2D eigenvalue weighted by Gasteiger charge is -2.34. The van der Waals surface area contributed by atoms with Gasteiger partial charge in [0.1, 0.15) is 0 Å². The molecule has 1 fully saturated rings. The molecule has 0 aromatic heterocycles. The molecular formula is C14H18O5. The molecule has 1 saturated carbocycles. The monoisotopic (exact) mass is 266 g/mol. The van der Waals surface area contributed by atoms with Crippen LogP contribution in [0.4, 0.5) is 0 Å². The second-order valence-electron chi connectivity index (χ2n) is 5.10. The molecule has 0 aliphatic heterocycles. The van der Waals surface area contributed by atoms with E-state index < -0.39 is 23.3 Å². The molecule has 104 valence electrons. The molecule has 0 N–H and O–H groups in total. The second kappa shape index (κ2) is 4.79. The lowest BCUT2D eigenvalue weighted by atomic mass is 9.77. The average Bonchev–Trinajstić information content (AvgIpc) is 2.61. The molecular weight excluding hydrogens is 248 g/mol. The van der Waals surface area contributed by atoms with Gasteiger partial charge >= 0.3 is 11.9 Å². The number of Topliss-reactive ketones (excluding diaryl/α,β-unsaturated/α-hetero) is 1. The normalized spacial score (nSPS) is 30.1. The summed E-state index contributed by atoms with van der Waals surface area (Å²) < 4.78 is 9.94. The van der Waals surface area contributed by atoms with Crippen LogP contribution in [0.1, 0.15) is 39.5 Å². The van der Waals surface area contributed by atoms with E-state index in [1.807, 2.05) is 0 Å². The number of rotatable bonds is 2. The van der Waals surface area contributed by atoms with Gasteiger partial charge in [0, 0.05) is 12.8 Å². The van der Waals surface area contributed by atoms with E-state index in [-0.39, 0.29) is 5.92 Å². The van der Waals surface area contributed by atoms with Crippen molar-refractivity contribution in [2.45, 2.75) is 45.1 Å². The molecule has 2 aliphatic carbocycles. The van der Waals surface area contributed by atoms with Crippen LogP contribution in [-0.2, 0) is 23.9 Å². The van der Waals surface area contributed by atoms with Gasteiger partial charge in [-0.25, -0.2) is 4.79 Å². The van der Waals surface area contributed by atoms with Crippen molar-refractivity contribution < 1.29 is 23.9 Å². The summed E-state index contributed by atoms with van der Waals surface area (Å²) in [5, 5.41) is 0. The van der Waals surface area contributed by atoms with E-state index in [9.17, 15) is 14.4 Å².